The van der Waals surface area contributed by atoms with E-state index >= 15 is 0 Å². The van der Waals surface area contributed by atoms with Gasteiger partial charge in [0.05, 0.1) is 12.4 Å². The highest BCUT2D eigenvalue weighted by molar-refractivity contribution is 4.94. The first kappa shape index (κ1) is 12.7. The summed E-state index contributed by atoms with van der Waals surface area (Å²) in [5.74, 6) is 0. The van der Waals surface area contributed by atoms with Gasteiger partial charge in [-0.15, -0.1) is 10.2 Å². The Kier molecular flexibility index (Phi) is 13.5. The zero-order valence-corrected chi connectivity index (χ0v) is 8.00. The average molecular weight is 155 g/mol. The molecular formula is C8H17N3. The van der Waals surface area contributed by atoms with E-state index in [1.54, 1.807) is 12.4 Å². The lowest BCUT2D eigenvalue weighted by Crippen LogP contribution is -1.83. The quantitative estimate of drug-likeness (QED) is 0.576. The molecule has 0 aliphatic heterocycles. The Hall–Kier alpha value is -0.990. The summed E-state index contributed by atoms with van der Waals surface area (Å²) in [6.45, 7) is 9.92. The van der Waals surface area contributed by atoms with E-state index in [9.17, 15) is 0 Å². The van der Waals surface area contributed by atoms with Gasteiger partial charge in [-0.25, -0.2) is 0 Å². The summed E-state index contributed by atoms with van der Waals surface area (Å²) in [5, 5.41) is 10.4. The van der Waals surface area contributed by atoms with E-state index in [1.165, 1.54) is 0 Å². The molecule has 3 nitrogen and oxygen atoms in total. The zero-order valence-electron chi connectivity index (χ0n) is 8.00. The Balaban J connectivity index is 0. The molecule has 0 aromatic carbocycles. The molecule has 1 aromatic rings. The van der Waals surface area contributed by atoms with Gasteiger partial charge in [-0.05, 0) is 17.7 Å². The Labute approximate surface area is 68.9 Å². The van der Waals surface area contributed by atoms with Gasteiger partial charge in [0.1, 0.15) is 0 Å². The van der Waals surface area contributed by atoms with Crippen LogP contribution in [0.5, 0.6) is 0 Å². The van der Waals surface area contributed by atoms with Crippen molar-refractivity contribution in [3.63, 3.8) is 0 Å². The SMILES string of the molecule is CC.CC.Cc1cnnnc1. The minimum absolute atomic E-state index is 1.04. The van der Waals surface area contributed by atoms with Gasteiger partial charge in [-0.3, -0.25) is 0 Å². The first-order valence-corrected chi connectivity index (χ1v) is 3.99. The van der Waals surface area contributed by atoms with Crippen LogP contribution in [0.15, 0.2) is 12.4 Å². The second-order valence-electron chi connectivity index (χ2n) is 1.32. The smallest absolute Gasteiger partial charge is 0.0559 e. The predicted octanol–water partition coefficient (Wildman–Crippen LogP) is 2.23. The van der Waals surface area contributed by atoms with Gasteiger partial charge in [0.25, 0.3) is 0 Å². The van der Waals surface area contributed by atoms with E-state index in [-0.39, 0.29) is 0 Å². The summed E-state index contributed by atoms with van der Waals surface area (Å²) >= 11 is 0. The zero-order chi connectivity index (χ0) is 9.11. The van der Waals surface area contributed by atoms with Crippen molar-refractivity contribution in [3.05, 3.63) is 18.0 Å². The first-order valence-electron chi connectivity index (χ1n) is 3.99. The van der Waals surface area contributed by atoms with Crippen LogP contribution in [-0.4, -0.2) is 15.4 Å². The Morgan fingerprint density at radius 2 is 1.27 bits per heavy atom. The topological polar surface area (TPSA) is 38.7 Å². The summed E-state index contributed by atoms with van der Waals surface area (Å²) in [4.78, 5) is 0. The summed E-state index contributed by atoms with van der Waals surface area (Å²) < 4.78 is 0. The average Bonchev–Trinajstić information content (AvgIpc) is 2.13. The summed E-state index contributed by atoms with van der Waals surface area (Å²) in [7, 11) is 0. The Morgan fingerprint density at radius 1 is 0.909 bits per heavy atom. The number of hydrogen-bond acceptors (Lipinski definition) is 3. The molecule has 1 aromatic heterocycles. The van der Waals surface area contributed by atoms with Crippen LogP contribution in [0.4, 0.5) is 0 Å². The molecule has 0 aliphatic carbocycles. The molecule has 0 radical (unpaired) electrons. The van der Waals surface area contributed by atoms with Gasteiger partial charge >= 0.3 is 0 Å². The molecule has 0 saturated heterocycles. The number of rotatable bonds is 0. The molecule has 0 spiro atoms. The molecule has 0 unspecified atom stereocenters. The van der Waals surface area contributed by atoms with E-state index in [1.807, 2.05) is 34.6 Å². The van der Waals surface area contributed by atoms with E-state index in [0.717, 1.165) is 5.56 Å². The van der Waals surface area contributed by atoms with Crippen LogP contribution < -0.4 is 0 Å². The van der Waals surface area contributed by atoms with E-state index < -0.39 is 0 Å². The summed E-state index contributed by atoms with van der Waals surface area (Å²) in [5.41, 5.74) is 1.04. The highest BCUT2D eigenvalue weighted by Gasteiger charge is 1.75. The summed E-state index contributed by atoms with van der Waals surface area (Å²) in [6, 6.07) is 0. The second kappa shape index (κ2) is 11.8. The molecule has 0 bridgehead atoms. The minimum atomic E-state index is 1.04. The number of nitrogens with zero attached hydrogens (tertiary/aromatic N) is 3. The van der Waals surface area contributed by atoms with Crippen LogP contribution in [0.25, 0.3) is 0 Å². The molecule has 0 N–H and O–H groups in total. The lowest BCUT2D eigenvalue weighted by Gasteiger charge is -1.79. The fraction of sp³-hybridized carbons (Fsp3) is 0.625. The maximum Gasteiger partial charge on any atom is 0.0559 e. The third kappa shape index (κ3) is 9.01. The van der Waals surface area contributed by atoms with Crippen molar-refractivity contribution >= 4 is 0 Å². The molecule has 0 aliphatic rings. The lowest BCUT2D eigenvalue weighted by molar-refractivity contribution is 0.853. The van der Waals surface area contributed by atoms with Gasteiger partial charge in [0.2, 0.25) is 0 Å². The maximum absolute atomic E-state index is 3.52. The van der Waals surface area contributed by atoms with Gasteiger partial charge in [0, 0.05) is 0 Å². The monoisotopic (exact) mass is 155 g/mol. The lowest BCUT2D eigenvalue weighted by atomic mass is 10.4. The van der Waals surface area contributed by atoms with Crippen LogP contribution in [-0.2, 0) is 0 Å². The number of hydrogen-bond donors (Lipinski definition) is 0. The van der Waals surface area contributed by atoms with E-state index in [4.69, 9.17) is 0 Å². The molecule has 1 heterocycles. The van der Waals surface area contributed by atoms with Crippen molar-refractivity contribution < 1.29 is 0 Å². The molecule has 0 saturated carbocycles. The van der Waals surface area contributed by atoms with Crippen LogP contribution in [0.1, 0.15) is 33.3 Å². The van der Waals surface area contributed by atoms with Crippen molar-refractivity contribution in [3.8, 4) is 0 Å². The standard InChI is InChI=1S/C4H5N3.2C2H6/c1-4-2-5-7-6-3-4;2*1-2/h2-3H,1H3;2*1-2H3. The normalized spacial score (nSPS) is 6.64. The third-order valence-corrected chi connectivity index (χ3v) is 0.626. The van der Waals surface area contributed by atoms with Crippen molar-refractivity contribution in [2.45, 2.75) is 34.6 Å². The van der Waals surface area contributed by atoms with Gasteiger partial charge in [0.15, 0.2) is 0 Å². The van der Waals surface area contributed by atoms with E-state index in [0.29, 0.717) is 0 Å². The minimum Gasteiger partial charge on any atom is -0.138 e. The molecular weight excluding hydrogens is 138 g/mol. The van der Waals surface area contributed by atoms with Crippen molar-refractivity contribution in [2.75, 3.05) is 0 Å². The number of aryl methyl sites for hydroxylation is 1. The maximum atomic E-state index is 3.52. The number of aromatic nitrogens is 3. The largest absolute Gasteiger partial charge is 0.138 e. The predicted molar refractivity (Wildman–Crippen MR) is 47.3 cm³/mol. The summed E-state index contributed by atoms with van der Waals surface area (Å²) in [6.07, 6.45) is 3.32. The highest BCUT2D eigenvalue weighted by Crippen LogP contribution is 1.82. The first-order chi connectivity index (χ1) is 5.39. The molecule has 11 heavy (non-hydrogen) atoms. The van der Waals surface area contributed by atoms with Gasteiger partial charge in [-0.1, -0.05) is 27.7 Å². The van der Waals surface area contributed by atoms with Crippen molar-refractivity contribution in [2.24, 2.45) is 0 Å². The molecule has 1 rings (SSSR count). The van der Waals surface area contributed by atoms with Crippen LogP contribution in [0.3, 0.4) is 0 Å². The molecule has 0 atom stereocenters. The fourth-order valence-electron chi connectivity index (χ4n) is 0.297. The Morgan fingerprint density at radius 3 is 1.45 bits per heavy atom. The van der Waals surface area contributed by atoms with Gasteiger partial charge < -0.3 is 0 Å². The fourth-order valence-corrected chi connectivity index (χ4v) is 0.297. The van der Waals surface area contributed by atoms with Crippen molar-refractivity contribution in [1.82, 2.24) is 15.4 Å². The Bertz CT molecular complexity index is 139. The molecule has 0 amide bonds. The van der Waals surface area contributed by atoms with Crippen LogP contribution >= 0.6 is 0 Å². The molecule has 0 fully saturated rings. The molecule has 64 valence electrons. The second-order valence-corrected chi connectivity index (χ2v) is 1.32. The molecule has 3 heteroatoms. The third-order valence-electron chi connectivity index (χ3n) is 0.626. The highest BCUT2D eigenvalue weighted by atomic mass is 15.3. The van der Waals surface area contributed by atoms with Crippen LogP contribution in [0, 0.1) is 6.92 Å². The van der Waals surface area contributed by atoms with Gasteiger partial charge in [-0.2, -0.15) is 0 Å². The van der Waals surface area contributed by atoms with E-state index in [2.05, 4.69) is 15.4 Å². The van der Waals surface area contributed by atoms with Crippen molar-refractivity contribution in [1.29, 1.82) is 0 Å². The van der Waals surface area contributed by atoms with Crippen LogP contribution in [0.2, 0.25) is 0 Å².